The van der Waals surface area contributed by atoms with E-state index in [4.69, 9.17) is 4.74 Å². The molecule has 1 atom stereocenters. The first-order chi connectivity index (χ1) is 14.7. The number of benzene rings is 3. The predicted molar refractivity (Wildman–Crippen MR) is 120 cm³/mol. The van der Waals surface area contributed by atoms with Crippen LogP contribution in [0.25, 0.3) is 0 Å². The Morgan fingerprint density at radius 2 is 1.70 bits per heavy atom. The summed E-state index contributed by atoms with van der Waals surface area (Å²) in [6, 6.07) is 24.7. The van der Waals surface area contributed by atoms with Crippen molar-refractivity contribution in [2.24, 2.45) is 0 Å². The third-order valence-electron chi connectivity index (χ3n) is 5.03. The Morgan fingerprint density at radius 1 is 1.00 bits per heavy atom. The molecule has 6 heteroatoms. The second-order valence-corrected chi connectivity index (χ2v) is 7.90. The number of carbonyl (C=O) groups is 2. The Morgan fingerprint density at radius 3 is 2.50 bits per heavy atom. The van der Waals surface area contributed by atoms with Crippen LogP contribution in [0.15, 0.2) is 83.8 Å². The maximum Gasteiger partial charge on any atom is 0.340 e. The van der Waals surface area contributed by atoms with Crippen LogP contribution in [-0.4, -0.2) is 31.3 Å². The number of nitrogens with one attached hydrogen (secondary N) is 1. The Labute approximate surface area is 180 Å². The molecule has 0 saturated heterocycles. The van der Waals surface area contributed by atoms with Gasteiger partial charge in [0, 0.05) is 23.4 Å². The lowest BCUT2D eigenvalue weighted by Crippen LogP contribution is -2.41. The molecular weight excluding hydrogens is 396 g/mol. The smallest absolute Gasteiger partial charge is 0.340 e. The number of thioether (sulfide) groups is 1. The van der Waals surface area contributed by atoms with Crippen molar-refractivity contribution < 1.29 is 14.3 Å². The van der Waals surface area contributed by atoms with Crippen molar-refractivity contribution in [3.05, 3.63) is 90.0 Å². The molecule has 5 nitrogen and oxygen atoms in total. The fourth-order valence-electron chi connectivity index (χ4n) is 3.57. The van der Waals surface area contributed by atoms with Crippen LogP contribution in [0.2, 0.25) is 0 Å². The van der Waals surface area contributed by atoms with Crippen LogP contribution in [0.3, 0.4) is 0 Å². The molecule has 1 N–H and O–H groups in total. The van der Waals surface area contributed by atoms with Gasteiger partial charge in [-0.15, -0.1) is 11.8 Å². The Hall–Kier alpha value is -3.25. The zero-order valence-electron chi connectivity index (χ0n) is 16.6. The van der Waals surface area contributed by atoms with E-state index in [9.17, 15) is 9.59 Å². The van der Waals surface area contributed by atoms with E-state index in [1.807, 2.05) is 60.7 Å². The molecule has 0 aliphatic carbocycles. The average Bonchev–Trinajstić information content (AvgIpc) is 2.82. The summed E-state index contributed by atoms with van der Waals surface area (Å²) >= 11 is 1.73. The number of rotatable bonds is 5. The van der Waals surface area contributed by atoms with Crippen LogP contribution in [0.4, 0.5) is 11.4 Å². The molecule has 1 aliphatic rings. The van der Waals surface area contributed by atoms with E-state index in [0.29, 0.717) is 11.3 Å². The summed E-state index contributed by atoms with van der Waals surface area (Å²) in [6.45, 7) is -0.320. The molecule has 30 heavy (non-hydrogen) atoms. The molecule has 1 aliphatic heterocycles. The lowest BCUT2D eigenvalue weighted by molar-refractivity contribution is -0.122. The molecule has 0 spiro atoms. The minimum Gasteiger partial charge on any atom is -0.452 e. The van der Waals surface area contributed by atoms with Gasteiger partial charge in [-0.05, 0) is 29.8 Å². The summed E-state index contributed by atoms with van der Waals surface area (Å²) in [4.78, 5) is 28.6. The van der Waals surface area contributed by atoms with Crippen molar-refractivity contribution in [1.29, 1.82) is 0 Å². The van der Waals surface area contributed by atoms with Crippen molar-refractivity contribution in [2.75, 3.05) is 29.6 Å². The van der Waals surface area contributed by atoms with E-state index in [-0.39, 0.29) is 18.6 Å². The van der Waals surface area contributed by atoms with E-state index in [1.54, 1.807) is 41.9 Å². The third kappa shape index (κ3) is 4.04. The monoisotopic (exact) mass is 418 g/mol. The van der Waals surface area contributed by atoms with E-state index >= 15 is 0 Å². The van der Waals surface area contributed by atoms with Gasteiger partial charge >= 0.3 is 5.97 Å². The van der Waals surface area contributed by atoms with Crippen LogP contribution in [0, 0.1) is 0 Å². The zero-order valence-corrected chi connectivity index (χ0v) is 17.4. The number of esters is 1. The van der Waals surface area contributed by atoms with Crippen LogP contribution in [-0.2, 0) is 9.53 Å². The molecule has 3 aromatic rings. The van der Waals surface area contributed by atoms with Gasteiger partial charge in [-0.2, -0.15) is 0 Å². The normalized spacial score (nSPS) is 15.2. The Balaban J connectivity index is 1.57. The molecular formula is C24H22N2O3S. The molecule has 3 aromatic carbocycles. The molecule has 0 bridgehead atoms. The summed E-state index contributed by atoms with van der Waals surface area (Å²) in [7, 11) is 1.74. The maximum atomic E-state index is 13.3. The summed E-state index contributed by atoms with van der Waals surface area (Å²) in [5, 5.41) is 2.97. The number of para-hydroxylation sites is 2. The quantitative estimate of drug-likeness (QED) is 0.605. The van der Waals surface area contributed by atoms with E-state index in [0.717, 1.165) is 21.9 Å². The lowest BCUT2D eigenvalue weighted by Gasteiger charge is -2.37. The second kappa shape index (κ2) is 9.05. The van der Waals surface area contributed by atoms with Gasteiger partial charge in [0.05, 0.1) is 17.3 Å². The van der Waals surface area contributed by atoms with Gasteiger partial charge in [0.1, 0.15) is 0 Å². The van der Waals surface area contributed by atoms with E-state index in [2.05, 4.69) is 5.32 Å². The van der Waals surface area contributed by atoms with E-state index in [1.165, 1.54) is 0 Å². The van der Waals surface area contributed by atoms with Gasteiger partial charge in [0.2, 0.25) is 0 Å². The topological polar surface area (TPSA) is 58.6 Å². The van der Waals surface area contributed by atoms with Gasteiger partial charge in [-0.1, -0.05) is 54.6 Å². The fourth-order valence-corrected chi connectivity index (χ4v) is 4.74. The molecule has 0 saturated carbocycles. The van der Waals surface area contributed by atoms with Crippen molar-refractivity contribution in [3.8, 4) is 0 Å². The Kier molecular flexibility index (Phi) is 6.05. The van der Waals surface area contributed by atoms with Gasteiger partial charge < -0.3 is 10.1 Å². The predicted octanol–water partition coefficient (Wildman–Crippen LogP) is 4.77. The summed E-state index contributed by atoms with van der Waals surface area (Å²) < 4.78 is 5.41. The van der Waals surface area contributed by atoms with Crippen LogP contribution < -0.4 is 10.2 Å². The SMILES string of the molecule is CNc1ccccc1C(=O)OCC(=O)N1c2ccccc2SC[C@@H]1c1ccccc1. The molecule has 1 amide bonds. The largest absolute Gasteiger partial charge is 0.452 e. The number of hydrogen-bond acceptors (Lipinski definition) is 5. The van der Waals surface area contributed by atoms with Crippen molar-refractivity contribution >= 4 is 35.0 Å². The number of anilines is 2. The highest BCUT2D eigenvalue weighted by molar-refractivity contribution is 7.99. The first-order valence-corrected chi connectivity index (χ1v) is 10.7. The lowest BCUT2D eigenvalue weighted by atomic mass is 10.1. The maximum absolute atomic E-state index is 13.3. The molecule has 0 unspecified atom stereocenters. The van der Waals surface area contributed by atoms with Gasteiger partial charge in [0.25, 0.3) is 5.91 Å². The highest BCUT2D eigenvalue weighted by Gasteiger charge is 2.33. The second-order valence-electron chi connectivity index (χ2n) is 6.84. The van der Waals surface area contributed by atoms with Crippen LogP contribution in [0.5, 0.6) is 0 Å². The summed E-state index contributed by atoms with van der Waals surface area (Å²) in [6.07, 6.45) is 0. The van der Waals surface area contributed by atoms with Crippen molar-refractivity contribution in [2.45, 2.75) is 10.9 Å². The van der Waals surface area contributed by atoms with Gasteiger partial charge in [-0.25, -0.2) is 4.79 Å². The van der Waals surface area contributed by atoms with Crippen molar-refractivity contribution in [3.63, 3.8) is 0 Å². The number of nitrogens with zero attached hydrogens (tertiary/aromatic N) is 1. The minimum absolute atomic E-state index is 0.123. The number of ether oxygens (including phenoxy) is 1. The highest BCUT2D eigenvalue weighted by atomic mass is 32.2. The number of hydrogen-bond donors (Lipinski definition) is 1. The summed E-state index contributed by atoms with van der Waals surface area (Å²) in [5.74, 6) is -0.0281. The molecule has 4 rings (SSSR count). The number of carbonyl (C=O) groups excluding carboxylic acids is 2. The Bertz CT molecular complexity index is 1060. The van der Waals surface area contributed by atoms with E-state index < -0.39 is 5.97 Å². The molecule has 0 radical (unpaired) electrons. The number of fused-ring (bicyclic) bond motifs is 1. The highest BCUT2D eigenvalue weighted by Crippen LogP contribution is 2.43. The van der Waals surface area contributed by atoms with Crippen molar-refractivity contribution in [1.82, 2.24) is 0 Å². The fraction of sp³-hybridized carbons (Fsp3) is 0.167. The van der Waals surface area contributed by atoms with Crippen LogP contribution >= 0.6 is 11.8 Å². The minimum atomic E-state index is -0.524. The standard InChI is InChI=1S/C24H22N2O3S/c1-25-19-12-6-5-11-18(19)24(28)29-15-23(27)26-20-13-7-8-14-22(20)30-16-21(26)17-9-3-2-4-10-17/h2-14,21,25H,15-16H2,1H3/t21-/m1/s1. The molecule has 0 aromatic heterocycles. The van der Waals surface area contributed by atoms with Gasteiger partial charge in [-0.3, -0.25) is 9.69 Å². The molecule has 0 fully saturated rings. The zero-order chi connectivity index (χ0) is 20.9. The van der Waals surface area contributed by atoms with Gasteiger partial charge in [0.15, 0.2) is 6.61 Å². The summed E-state index contributed by atoms with van der Waals surface area (Å²) in [5.41, 5.74) is 2.97. The number of amides is 1. The first-order valence-electron chi connectivity index (χ1n) is 9.72. The third-order valence-corrected chi connectivity index (χ3v) is 6.17. The first kappa shape index (κ1) is 20.0. The molecule has 1 heterocycles. The van der Waals surface area contributed by atoms with Crippen LogP contribution in [0.1, 0.15) is 22.0 Å². The average molecular weight is 419 g/mol. The molecule has 152 valence electrons.